The van der Waals surface area contributed by atoms with Crippen molar-refractivity contribution in [2.24, 2.45) is 5.92 Å². The number of ketones is 1. The van der Waals surface area contributed by atoms with E-state index in [1.165, 1.54) is 0 Å². The summed E-state index contributed by atoms with van der Waals surface area (Å²) < 4.78 is 11.6. The predicted molar refractivity (Wildman–Crippen MR) is 117 cm³/mol. The van der Waals surface area contributed by atoms with E-state index in [9.17, 15) is 9.59 Å². The van der Waals surface area contributed by atoms with Gasteiger partial charge in [-0.2, -0.15) is 0 Å². The highest BCUT2D eigenvalue weighted by Crippen LogP contribution is 2.31. The number of piperidine rings is 1. The number of likely N-dealkylation sites (tertiary alicyclic amines) is 1. The maximum absolute atomic E-state index is 13.4. The van der Waals surface area contributed by atoms with Crippen LogP contribution in [0.2, 0.25) is 0 Å². The van der Waals surface area contributed by atoms with Crippen molar-refractivity contribution in [2.75, 3.05) is 13.1 Å². The van der Waals surface area contributed by atoms with Gasteiger partial charge in [-0.15, -0.1) is 0 Å². The van der Waals surface area contributed by atoms with Crippen molar-refractivity contribution < 1.29 is 19.1 Å². The second kappa shape index (κ2) is 9.33. The van der Waals surface area contributed by atoms with E-state index < -0.39 is 5.60 Å². The highest BCUT2D eigenvalue weighted by molar-refractivity contribution is 6.00. The van der Waals surface area contributed by atoms with Gasteiger partial charge >= 0.3 is 6.09 Å². The maximum atomic E-state index is 13.4. The lowest BCUT2D eigenvalue weighted by Crippen LogP contribution is -2.44. The van der Waals surface area contributed by atoms with Gasteiger partial charge in [-0.3, -0.25) is 4.79 Å². The van der Waals surface area contributed by atoms with Gasteiger partial charge in [0.2, 0.25) is 0 Å². The van der Waals surface area contributed by atoms with Crippen LogP contribution in [-0.4, -0.2) is 35.5 Å². The minimum atomic E-state index is -0.554. The van der Waals surface area contributed by atoms with Crippen molar-refractivity contribution >= 4 is 11.9 Å². The summed E-state index contributed by atoms with van der Waals surface area (Å²) in [6, 6.07) is 15.2. The van der Waals surface area contributed by atoms with Crippen molar-refractivity contribution in [1.82, 2.24) is 4.90 Å². The number of para-hydroxylation sites is 2. The molecule has 0 saturated carbocycles. The number of hydrogen-bond acceptors (Lipinski definition) is 4. The van der Waals surface area contributed by atoms with Gasteiger partial charge in [0.25, 0.3) is 0 Å². The van der Waals surface area contributed by atoms with Crippen LogP contribution in [0.15, 0.2) is 48.5 Å². The Hall–Kier alpha value is -2.82. The average molecular weight is 410 g/mol. The Morgan fingerprint density at radius 1 is 1.03 bits per heavy atom. The van der Waals surface area contributed by atoms with Gasteiger partial charge in [-0.1, -0.05) is 37.3 Å². The third-order valence-corrected chi connectivity index (χ3v) is 5.17. The summed E-state index contributed by atoms with van der Waals surface area (Å²) in [5.41, 5.74) is 1.09. The zero-order valence-corrected chi connectivity index (χ0v) is 18.3. The van der Waals surface area contributed by atoms with Gasteiger partial charge in [0, 0.05) is 19.0 Å². The van der Waals surface area contributed by atoms with Crippen molar-refractivity contribution in [1.29, 1.82) is 0 Å². The SMILES string of the molecule is CCc1ccccc1Oc1ccccc1C(=O)[C@@H]1CCCN(C(=O)OC(C)(C)C)C1. The average Bonchev–Trinajstić information content (AvgIpc) is 2.73. The fraction of sp³-hybridized carbons (Fsp3) is 0.440. The molecular weight excluding hydrogens is 378 g/mol. The normalized spacial score (nSPS) is 16.8. The van der Waals surface area contributed by atoms with Crippen LogP contribution in [0.5, 0.6) is 11.5 Å². The number of rotatable bonds is 5. The van der Waals surface area contributed by atoms with E-state index >= 15 is 0 Å². The fourth-order valence-electron chi connectivity index (χ4n) is 3.68. The van der Waals surface area contributed by atoms with Gasteiger partial charge in [0.05, 0.1) is 5.56 Å². The molecule has 2 aromatic carbocycles. The molecule has 0 N–H and O–H groups in total. The molecule has 0 unspecified atom stereocenters. The van der Waals surface area contributed by atoms with E-state index in [1.807, 2.05) is 63.2 Å². The Balaban J connectivity index is 1.78. The van der Waals surface area contributed by atoms with Crippen LogP contribution in [0, 0.1) is 5.92 Å². The Kier molecular flexibility index (Phi) is 6.80. The number of carbonyl (C=O) groups is 2. The van der Waals surface area contributed by atoms with E-state index in [2.05, 4.69) is 6.92 Å². The first-order valence-corrected chi connectivity index (χ1v) is 10.7. The molecule has 0 aromatic heterocycles. The third kappa shape index (κ3) is 5.41. The number of carbonyl (C=O) groups excluding carboxylic acids is 2. The summed E-state index contributed by atoms with van der Waals surface area (Å²) in [6.45, 7) is 8.60. The molecule has 160 valence electrons. The van der Waals surface area contributed by atoms with Gasteiger partial charge < -0.3 is 14.4 Å². The predicted octanol–water partition coefficient (Wildman–Crippen LogP) is 5.87. The molecule has 1 saturated heterocycles. The van der Waals surface area contributed by atoms with E-state index in [-0.39, 0.29) is 17.8 Å². The minimum Gasteiger partial charge on any atom is -0.456 e. The molecule has 1 fully saturated rings. The highest BCUT2D eigenvalue weighted by atomic mass is 16.6. The van der Waals surface area contributed by atoms with Gasteiger partial charge in [0.1, 0.15) is 17.1 Å². The van der Waals surface area contributed by atoms with Crippen molar-refractivity contribution in [2.45, 2.75) is 52.6 Å². The molecule has 1 atom stereocenters. The zero-order chi connectivity index (χ0) is 21.7. The number of benzene rings is 2. The maximum Gasteiger partial charge on any atom is 0.410 e. The van der Waals surface area contributed by atoms with Crippen LogP contribution >= 0.6 is 0 Å². The lowest BCUT2D eigenvalue weighted by atomic mass is 9.89. The Labute approximate surface area is 179 Å². The number of aryl methyl sites for hydroxylation is 1. The van der Waals surface area contributed by atoms with Crippen LogP contribution in [0.1, 0.15) is 56.5 Å². The Morgan fingerprint density at radius 2 is 1.70 bits per heavy atom. The van der Waals surface area contributed by atoms with E-state index in [1.54, 1.807) is 11.0 Å². The molecule has 1 heterocycles. The van der Waals surface area contributed by atoms with Crippen LogP contribution in [0.3, 0.4) is 0 Å². The first-order valence-electron chi connectivity index (χ1n) is 10.7. The lowest BCUT2D eigenvalue weighted by molar-refractivity contribution is 0.0172. The van der Waals surface area contributed by atoms with Gasteiger partial charge in [0.15, 0.2) is 5.78 Å². The first-order chi connectivity index (χ1) is 14.3. The second-order valence-corrected chi connectivity index (χ2v) is 8.69. The summed E-state index contributed by atoms with van der Waals surface area (Å²) in [4.78, 5) is 27.5. The summed E-state index contributed by atoms with van der Waals surface area (Å²) in [5.74, 6) is 1.06. The van der Waals surface area contributed by atoms with E-state index in [4.69, 9.17) is 9.47 Å². The van der Waals surface area contributed by atoms with Crippen LogP contribution in [0.25, 0.3) is 0 Å². The van der Waals surface area contributed by atoms with E-state index in [0.29, 0.717) is 24.4 Å². The topological polar surface area (TPSA) is 55.8 Å². The standard InChI is InChI=1S/C25H31NO4/c1-5-18-11-6-8-14-21(18)29-22-15-9-7-13-20(22)23(27)19-12-10-16-26(17-19)24(28)30-25(2,3)4/h6-9,11,13-15,19H,5,10,12,16-17H2,1-4H3/t19-/m1/s1. The van der Waals surface area contributed by atoms with Gasteiger partial charge in [-0.05, 0) is 63.8 Å². The van der Waals surface area contributed by atoms with Crippen molar-refractivity contribution in [3.8, 4) is 11.5 Å². The Morgan fingerprint density at radius 3 is 2.40 bits per heavy atom. The summed E-state index contributed by atoms with van der Waals surface area (Å²) in [6.07, 6.45) is 2.01. The highest BCUT2D eigenvalue weighted by Gasteiger charge is 2.32. The molecule has 1 aliphatic heterocycles. The molecule has 5 heteroatoms. The second-order valence-electron chi connectivity index (χ2n) is 8.69. The molecule has 2 aromatic rings. The molecule has 1 amide bonds. The zero-order valence-electron chi connectivity index (χ0n) is 18.3. The summed E-state index contributed by atoms with van der Waals surface area (Å²) >= 11 is 0. The monoisotopic (exact) mass is 409 g/mol. The number of hydrogen-bond donors (Lipinski definition) is 0. The van der Waals surface area contributed by atoms with Crippen LogP contribution in [0.4, 0.5) is 4.79 Å². The van der Waals surface area contributed by atoms with Gasteiger partial charge in [-0.25, -0.2) is 4.79 Å². The molecule has 1 aliphatic rings. The van der Waals surface area contributed by atoms with E-state index in [0.717, 1.165) is 30.6 Å². The molecule has 5 nitrogen and oxygen atoms in total. The molecule has 0 spiro atoms. The molecule has 0 bridgehead atoms. The molecule has 30 heavy (non-hydrogen) atoms. The minimum absolute atomic E-state index is 0.00726. The fourth-order valence-corrected chi connectivity index (χ4v) is 3.68. The molecule has 0 aliphatic carbocycles. The van der Waals surface area contributed by atoms with Crippen molar-refractivity contribution in [3.63, 3.8) is 0 Å². The first kappa shape index (κ1) is 21.9. The smallest absolute Gasteiger partial charge is 0.410 e. The largest absolute Gasteiger partial charge is 0.456 e. The summed E-state index contributed by atoms with van der Waals surface area (Å²) in [7, 11) is 0. The van der Waals surface area contributed by atoms with Crippen molar-refractivity contribution in [3.05, 3.63) is 59.7 Å². The summed E-state index contributed by atoms with van der Waals surface area (Å²) in [5, 5.41) is 0. The third-order valence-electron chi connectivity index (χ3n) is 5.17. The number of amides is 1. The molecule has 0 radical (unpaired) electrons. The Bertz CT molecular complexity index is 900. The lowest BCUT2D eigenvalue weighted by Gasteiger charge is -2.33. The number of Topliss-reactive ketones (excluding diaryl/α,β-unsaturated/α-hetero) is 1. The molecule has 3 rings (SSSR count). The molecular formula is C25H31NO4. The quantitative estimate of drug-likeness (QED) is 0.580. The van der Waals surface area contributed by atoms with Crippen LogP contribution in [-0.2, 0) is 11.2 Å². The number of ether oxygens (including phenoxy) is 2. The van der Waals surface area contributed by atoms with Crippen LogP contribution < -0.4 is 4.74 Å². The number of nitrogens with zero attached hydrogens (tertiary/aromatic N) is 1.